The Kier molecular flexibility index (Phi) is 4.35. The molecule has 0 aromatic carbocycles. The molecule has 1 saturated heterocycles. The second-order valence-electron chi connectivity index (χ2n) is 4.22. The number of likely N-dealkylation sites (tertiary alicyclic amines) is 1. The molecular formula is C10H20N2O2. The van der Waals surface area contributed by atoms with Crippen LogP contribution in [0.5, 0.6) is 0 Å². The molecule has 1 heterocycles. The Hall–Kier alpha value is -0.610. The van der Waals surface area contributed by atoms with Gasteiger partial charge in [0.25, 0.3) is 0 Å². The van der Waals surface area contributed by atoms with E-state index in [4.69, 9.17) is 5.11 Å². The second-order valence-corrected chi connectivity index (χ2v) is 4.22. The summed E-state index contributed by atoms with van der Waals surface area (Å²) in [5.41, 5.74) is 0. The summed E-state index contributed by atoms with van der Waals surface area (Å²) in [4.78, 5) is 14.7. The van der Waals surface area contributed by atoms with E-state index >= 15 is 0 Å². The van der Waals surface area contributed by atoms with Crippen molar-refractivity contribution in [2.45, 2.75) is 25.3 Å². The molecule has 4 heteroatoms. The lowest BCUT2D eigenvalue weighted by Gasteiger charge is -2.34. The zero-order chi connectivity index (χ0) is 10.6. The molecule has 0 spiro atoms. The first-order valence-electron chi connectivity index (χ1n) is 5.20. The fourth-order valence-corrected chi connectivity index (χ4v) is 2.03. The molecule has 0 saturated carbocycles. The monoisotopic (exact) mass is 200 g/mol. The number of carbonyl (C=O) groups is 1. The van der Waals surface area contributed by atoms with E-state index in [0.717, 1.165) is 13.1 Å². The van der Waals surface area contributed by atoms with Gasteiger partial charge in [-0.05, 0) is 33.5 Å². The van der Waals surface area contributed by atoms with Crippen LogP contribution in [0.4, 0.5) is 0 Å². The van der Waals surface area contributed by atoms with Crippen LogP contribution in [-0.4, -0.2) is 60.6 Å². The van der Waals surface area contributed by atoms with Crippen molar-refractivity contribution < 1.29 is 9.90 Å². The van der Waals surface area contributed by atoms with Crippen LogP contribution in [0, 0.1) is 0 Å². The first kappa shape index (κ1) is 11.5. The zero-order valence-electron chi connectivity index (χ0n) is 9.07. The molecule has 0 aliphatic carbocycles. The van der Waals surface area contributed by atoms with Gasteiger partial charge in [-0.2, -0.15) is 0 Å². The topological polar surface area (TPSA) is 43.8 Å². The number of hydrogen-bond donors (Lipinski definition) is 1. The molecule has 1 aliphatic heterocycles. The standard InChI is InChI=1S/C10H20N2O2/c1-11(8-10(13)14)7-9-5-3-4-6-12(9)2/h9H,3-8H2,1-2H3,(H,13,14). The molecule has 1 rings (SSSR count). The summed E-state index contributed by atoms with van der Waals surface area (Å²) in [6.07, 6.45) is 3.74. The average molecular weight is 200 g/mol. The third kappa shape index (κ3) is 3.64. The molecule has 1 atom stereocenters. The lowest BCUT2D eigenvalue weighted by atomic mass is 10.0. The molecule has 0 radical (unpaired) electrons. The highest BCUT2D eigenvalue weighted by Crippen LogP contribution is 2.15. The van der Waals surface area contributed by atoms with Crippen LogP contribution in [0.15, 0.2) is 0 Å². The summed E-state index contributed by atoms with van der Waals surface area (Å²) >= 11 is 0. The number of nitrogens with zero attached hydrogens (tertiary/aromatic N) is 2. The van der Waals surface area contributed by atoms with Crippen molar-refractivity contribution in [2.75, 3.05) is 33.7 Å². The lowest BCUT2D eigenvalue weighted by Crippen LogP contribution is -2.44. The van der Waals surface area contributed by atoms with Gasteiger partial charge < -0.3 is 10.0 Å². The van der Waals surface area contributed by atoms with Gasteiger partial charge in [-0.25, -0.2) is 0 Å². The first-order chi connectivity index (χ1) is 6.59. The molecule has 0 amide bonds. The fourth-order valence-electron chi connectivity index (χ4n) is 2.03. The number of carboxylic acid groups (broad SMARTS) is 1. The molecule has 0 bridgehead atoms. The normalized spacial score (nSPS) is 24.1. The van der Waals surface area contributed by atoms with Crippen molar-refractivity contribution in [3.05, 3.63) is 0 Å². The molecule has 4 nitrogen and oxygen atoms in total. The number of piperidine rings is 1. The number of hydrogen-bond acceptors (Lipinski definition) is 3. The highest BCUT2D eigenvalue weighted by molar-refractivity contribution is 5.69. The van der Waals surface area contributed by atoms with Crippen molar-refractivity contribution in [3.63, 3.8) is 0 Å². The summed E-state index contributed by atoms with van der Waals surface area (Å²) < 4.78 is 0. The van der Waals surface area contributed by atoms with E-state index in [1.165, 1.54) is 19.3 Å². The van der Waals surface area contributed by atoms with Crippen molar-refractivity contribution in [3.8, 4) is 0 Å². The molecule has 1 unspecified atom stereocenters. The Morgan fingerprint density at radius 2 is 2.29 bits per heavy atom. The third-order valence-corrected chi connectivity index (χ3v) is 2.85. The van der Waals surface area contributed by atoms with Gasteiger partial charge in [-0.15, -0.1) is 0 Å². The summed E-state index contributed by atoms with van der Waals surface area (Å²) in [5, 5.41) is 8.62. The van der Waals surface area contributed by atoms with Gasteiger partial charge in [0.1, 0.15) is 0 Å². The molecular weight excluding hydrogens is 180 g/mol. The lowest BCUT2D eigenvalue weighted by molar-refractivity contribution is -0.138. The van der Waals surface area contributed by atoms with Crippen LogP contribution in [0.2, 0.25) is 0 Å². The van der Waals surface area contributed by atoms with E-state index in [1.807, 2.05) is 11.9 Å². The van der Waals surface area contributed by atoms with Crippen molar-refractivity contribution in [1.29, 1.82) is 0 Å². The minimum Gasteiger partial charge on any atom is -0.480 e. The minimum absolute atomic E-state index is 0.143. The van der Waals surface area contributed by atoms with Gasteiger partial charge in [0, 0.05) is 12.6 Å². The van der Waals surface area contributed by atoms with Crippen LogP contribution < -0.4 is 0 Å². The molecule has 1 aliphatic rings. The van der Waals surface area contributed by atoms with Crippen LogP contribution in [-0.2, 0) is 4.79 Å². The summed E-state index contributed by atoms with van der Waals surface area (Å²) in [5.74, 6) is -0.744. The summed E-state index contributed by atoms with van der Waals surface area (Å²) in [7, 11) is 4.00. The van der Waals surface area contributed by atoms with Crippen molar-refractivity contribution in [1.82, 2.24) is 9.80 Å². The van der Waals surface area contributed by atoms with Gasteiger partial charge in [0.2, 0.25) is 0 Å². The maximum Gasteiger partial charge on any atom is 0.317 e. The smallest absolute Gasteiger partial charge is 0.317 e. The minimum atomic E-state index is -0.744. The van der Waals surface area contributed by atoms with E-state index in [0.29, 0.717) is 6.04 Å². The van der Waals surface area contributed by atoms with Crippen LogP contribution in [0.3, 0.4) is 0 Å². The SMILES string of the molecule is CN(CC(=O)O)CC1CCCCN1C. The quantitative estimate of drug-likeness (QED) is 0.717. The van der Waals surface area contributed by atoms with Gasteiger partial charge in [-0.1, -0.05) is 6.42 Å². The predicted octanol–water partition coefficient (Wildman–Crippen LogP) is 0.487. The van der Waals surface area contributed by atoms with E-state index in [-0.39, 0.29) is 6.54 Å². The molecule has 1 fully saturated rings. The summed E-state index contributed by atoms with van der Waals surface area (Å²) in [6, 6.07) is 0.535. The highest BCUT2D eigenvalue weighted by Gasteiger charge is 2.20. The van der Waals surface area contributed by atoms with E-state index in [1.54, 1.807) is 0 Å². The maximum atomic E-state index is 10.5. The number of rotatable bonds is 4. The Balaban J connectivity index is 2.30. The van der Waals surface area contributed by atoms with E-state index in [2.05, 4.69) is 11.9 Å². The van der Waals surface area contributed by atoms with Crippen LogP contribution in [0.1, 0.15) is 19.3 Å². The maximum absolute atomic E-state index is 10.5. The zero-order valence-corrected chi connectivity index (χ0v) is 9.07. The molecule has 1 N–H and O–H groups in total. The fraction of sp³-hybridized carbons (Fsp3) is 0.900. The van der Waals surface area contributed by atoms with Gasteiger partial charge in [0.05, 0.1) is 6.54 Å². The van der Waals surface area contributed by atoms with Gasteiger partial charge >= 0.3 is 5.97 Å². The number of aliphatic carboxylic acids is 1. The molecule has 82 valence electrons. The molecule has 0 aromatic heterocycles. The second kappa shape index (κ2) is 5.32. The van der Waals surface area contributed by atoms with Crippen LogP contribution in [0.25, 0.3) is 0 Å². The van der Waals surface area contributed by atoms with E-state index in [9.17, 15) is 4.79 Å². The average Bonchev–Trinajstić information content (AvgIpc) is 2.07. The van der Waals surface area contributed by atoms with Crippen molar-refractivity contribution >= 4 is 5.97 Å². The Bertz CT molecular complexity index is 197. The first-order valence-corrected chi connectivity index (χ1v) is 5.20. The molecule has 14 heavy (non-hydrogen) atoms. The highest BCUT2D eigenvalue weighted by atomic mass is 16.4. The Labute approximate surface area is 85.5 Å². The van der Waals surface area contributed by atoms with Crippen molar-refractivity contribution in [2.24, 2.45) is 0 Å². The number of likely N-dealkylation sites (N-methyl/N-ethyl adjacent to an activating group) is 2. The Morgan fingerprint density at radius 1 is 1.57 bits per heavy atom. The third-order valence-electron chi connectivity index (χ3n) is 2.85. The predicted molar refractivity (Wildman–Crippen MR) is 55.4 cm³/mol. The Morgan fingerprint density at radius 3 is 2.86 bits per heavy atom. The number of carboxylic acids is 1. The van der Waals surface area contributed by atoms with Gasteiger partial charge in [0.15, 0.2) is 0 Å². The van der Waals surface area contributed by atoms with Crippen LogP contribution >= 0.6 is 0 Å². The molecule has 0 aromatic rings. The largest absolute Gasteiger partial charge is 0.480 e. The van der Waals surface area contributed by atoms with Gasteiger partial charge in [-0.3, -0.25) is 9.69 Å². The van der Waals surface area contributed by atoms with E-state index < -0.39 is 5.97 Å². The summed E-state index contributed by atoms with van der Waals surface area (Å²) in [6.45, 7) is 2.15.